The lowest BCUT2D eigenvalue weighted by atomic mass is 10.4. The third-order valence-corrected chi connectivity index (χ3v) is 1.53. The molecule has 0 atom stereocenters. The molecule has 0 fully saturated rings. The molecule has 0 bridgehead atoms. The summed E-state index contributed by atoms with van der Waals surface area (Å²) in [7, 11) is 0. The number of carboxylic acids is 1. The number of carbonyl (C=O) groups excluding carboxylic acids is 1. The first kappa shape index (κ1) is 9.43. The smallest absolute Gasteiger partial charge is 0.0427 e. The summed E-state index contributed by atoms with van der Waals surface area (Å²) in [6.45, 7) is 6.44. The van der Waals surface area contributed by atoms with Gasteiger partial charge in [-0.2, -0.15) is 0 Å². The van der Waals surface area contributed by atoms with Crippen LogP contribution in [0.5, 0.6) is 0 Å². The van der Waals surface area contributed by atoms with Crippen LogP contribution >= 0.6 is 0 Å². The van der Waals surface area contributed by atoms with E-state index in [1.165, 1.54) is 0 Å². The quantitative estimate of drug-likeness (QED) is 0.521. The molecule has 0 radical (unpaired) electrons. The molecule has 0 saturated carbocycles. The van der Waals surface area contributed by atoms with Gasteiger partial charge in [0, 0.05) is 12.5 Å². The molecule has 0 aromatic carbocycles. The Balaban J connectivity index is 3.34. The van der Waals surface area contributed by atoms with Gasteiger partial charge in [0.1, 0.15) is 0 Å². The van der Waals surface area contributed by atoms with E-state index >= 15 is 0 Å². The Morgan fingerprint density at radius 2 is 1.90 bits per heavy atom. The van der Waals surface area contributed by atoms with Gasteiger partial charge < -0.3 is 14.8 Å². The van der Waals surface area contributed by atoms with Gasteiger partial charge in [-0.05, 0) is 19.5 Å². The zero-order valence-corrected chi connectivity index (χ0v) is 6.59. The second-order valence-electron chi connectivity index (χ2n) is 2.15. The van der Waals surface area contributed by atoms with Gasteiger partial charge >= 0.3 is 0 Å². The van der Waals surface area contributed by atoms with Gasteiger partial charge in [0.15, 0.2) is 0 Å². The van der Waals surface area contributed by atoms with Gasteiger partial charge in [-0.25, -0.2) is 0 Å². The first-order valence-electron chi connectivity index (χ1n) is 3.62. The van der Waals surface area contributed by atoms with Crippen molar-refractivity contribution in [2.75, 3.05) is 19.6 Å². The Morgan fingerprint density at radius 1 is 1.40 bits per heavy atom. The Bertz CT molecular complexity index is 99.8. The molecule has 0 spiro atoms. The molecule has 3 nitrogen and oxygen atoms in total. The van der Waals surface area contributed by atoms with Gasteiger partial charge in [-0.15, -0.1) is 0 Å². The lowest BCUT2D eigenvalue weighted by Crippen LogP contribution is -2.30. The van der Waals surface area contributed by atoms with Gasteiger partial charge in [-0.1, -0.05) is 13.8 Å². The summed E-state index contributed by atoms with van der Waals surface area (Å²) in [6.07, 6.45) is 0.141. The topological polar surface area (TPSA) is 43.4 Å². The zero-order valence-electron chi connectivity index (χ0n) is 6.59. The van der Waals surface area contributed by atoms with Crippen molar-refractivity contribution >= 4 is 5.97 Å². The Hall–Kier alpha value is -0.570. The molecule has 0 aliphatic heterocycles. The molecule has 0 N–H and O–H groups in total. The summed E-state index contributed by atoms with van der Waals surface area (Å²) in [4.78, 5) is 12.0. The molecule has 0 saturated heterocycles. The van der Waals surface area contributed by atoms with Crippen LogP contribution in [-0.4, -0.2) is 30.5 Å². The fourth-order valence-corrected chi connectivity index (χ4v) is 0.789. The molecule has 0 heterocycles. The van der Waals surface area contributed by atoms with E-state index in [1.54, 1.807) is 0 Å². The molecule has 0 aliphatic carbocycles. The minimum atomic E-state index is -0.966. The number of carbonyl (C=O) groups is 1. The van der Waals surface area contributed by atoms with Crippen molar-refractivity contribution in [3.63, 3.8) is 0 Å². The van der Waals surface area contributed by atoms with Gasteiger partial charge in [-0.3, -0.25) is 0 Å². The standard InChI is InChI=1S/C7H15NO2/c1-3-8(4-2)6-5-7(9)10/h3-6H2,1-2H3,(H,9,10)/p-1. The van der Waals surface area contributed by atoms with Gasteiger partial charge in [0.05, 0.1) is 0 Å². The van der Waals surface area contributed by atoms with Crippen molar-refractivity contribution in [1.82, 2.24) is 4.90 Å². The normalized spacial score (nSPS) is 10.3. The highest BCUT2D eigenvalue weighted by Gasteiger charge is 1.96. The van der Waals surface area contributed by atoms with Crippen LogP contribution in [0.15, 0.2) is 0 Å². The van der Waals surface area contributed by atoms with Crippen molar-refractivity contribution in [3.05, 3.63) is 0 Å². The van der Waals surface area contributed by atoms with Crippen LogP contribution in [0.25, 0.3) is 0 Å². The monoisotopic (exact) mass is 144 g/mol. The Labute approximate surface area is 61.6 Å². The van der Waals surface area contributed by atoms with E-state index in [1.807, 2.05) is 13.8 Å². The highest BCUT2D eigenvalue weighted by molar-refractivity contribution is 5.64. The van der Waals surface area contributed by atoms with E-state index in [-0.39, 0.29) is 6.42 Å². The fourth-order valence-electron chi connectivity index (χ4n) is 0.789. The Kier molecular flexibility index (Phi) is 4.94. The predicted octanol–water partition coefficient (Wildman–Crippen LogP) is -0.532. The first-order chi connectivity index (χ1) is 4.70. The van der Waals surface area contributed by atoms with E-state index in [4.69, 9.17) is 0 Å². The van der Waals surface area contributed by atoms with Crippen LogP contribution in [0, 0.1) is 0 Å². The summed E-state index contributed by atoms with van der Waals surface area (Å²) in [5.74, 6) is -0.966. The molecule has 10 heavy (non-hydrogen) atoms. The van der Waals surface area contributed by atoms with E-state index < -0.39 is 5.97 Å². The summed E-state index contributed by atoms with van der Waals surface area (Å²) in [5, 5.41) is 10.00. The number of rotatable bonds is 5. The number of nitrogens with zero attached hydrogens (tertiary/aromatic N) is 1. The van der Waals surface area contributed by atoms with Crippen LogP contribution in [0.2, 0.25) is 0 Å². The van der Waals surface area contributed by atoms with Crippen molar-refractivity contribution < 1.29 is 9.90 Å². The molecular weight excluding hydrogens is 130 g/mol. The highest BCUT2D eigenvalue weighted by Crippen LogP contribution is 1.88. The van der Waals surface area contributed by atoms with Gasteiger partial charge in [0.2, 0.25) is 0 Å². The molecule has 0 aromatic heterocycles. The summed E-state index contributed by atoms with van der Waals surface area (Å²) >= 11 is 0. The molecule has 0 aliphatic rings. The van der Waals surface area contributed by atoms with Crippen molar-refractivity contribution in [3.8, 4) is 0 Å². The predicted molar refractivity (Wildman–Crippen MR) is 37.4 cm³/mol. The molecule has 60 valence electrons. The van der Waals surface area contributed by atoms with Crippen molar-refractivity contribution in [2.24, 2.45) is 0 Å². The number of carboxylic acid groups (broad SMARTS) is 1. The van der Waals surface area contributed by atoms with Gasteiger partial charge in [0.25, 0.3) is 0 Å². The van der Waals surface area contributed by atoms with Crippen LogP contribution in [0.4, 0.5) is 0 Å². The second kappa shape index (κ2) is 5.23. The van der Waals surface area contributed by atoms with Crippen molar-refractivity contribution in [1.29, 1.82) is 0 Å². The van der Waals surface area contributed by atoms with E-state index in [0.29, 0.717) is 6.54 Å². The van der Waals surface area contributed by atoms with E-state index in [9.17, 15) is 9.90 Å². The highest BCUT2D eigenvalue weighted by atomic mass is 16.4. The summed E-state index contributed by atoms with van der Waals surface area (Å²) in [5.41, 5.74) is 0. The zero-order chi connectivity index (χ0) is 7.98. The average molecular weight is 144 g/mol. The van der Waals surface area contributed by atoms with Crippen LogP contribution in [0.1, 0.15) is 20.3 Å². The SMILES string of the molecule is CCN(CC)CCC(=O)[O-]. The molecule has 0 amide bonds. The second-order valence-corrected chi connectivity index (χ2v) is 2.15. The maximum Gasteiger partial charge on any atom is 0.0427 e. The third-order valence-electron chi connectivity index (χ3n) is 1.53. The largest absolute Gasteiger partial charge is 0.550 e. The van der Waals surface area contributed by atoms with E-state index in [0.717, 1.165) is 13.1 Å². The number of aliphatic carboxylic acids is 1. The maximum absolute atomic E-state index is 10.00. The van der Waals surface area contributed by atoms with Crippen LogP contribution < -0.4 is 5.11 Å². The maximum atomic E-state index is 10.00. The lowest BCUT2D eigenvalue weighted by molar-refractivity contribution is -0.305. The van der Waals surface area contributed by atoms with E-state index in [2.05, 4.69) is 4.90 Å². The molecule has 3 heteroatoms. The Morgan fingerprint density at radius 3 is 2.20 bits per heavy atom. The number of hydrogen-bond acceptors (Lipinski definition) is 3. The van der Waals surface area contributed by atoms with Crippen LogP contribution in [-0.2, 0) is 4.79 Å². The lowest BCUT2D eigenvalue weighted by Gasteiger charge is -2.17. The van der Waals surface area contributed by atoms with Crippen molar-refractivity contribution in [2.45, 2.75) is 20.3 Å². The minimum absolute atomic E-state index is 0.141. The summed E-state index contributed by atoms with van der Waals surface area (Å²) < 4.78 is 0. The molecule has 0 unspecified atom stereocenters. The third kappa shape index (κ3) is 4.32. The molecule has 0 aromatic rings. The average Bonchev–Trinajstić information content (AvgIpc) is 1.90. The molecule has 0 rings (SSSR count). The number of hydrogen-bond donors (Lipinski definition) is 0. The fraction of sp³-hybridized carbons (Fsp3) is 0.857. The van der Waals surface area contributed by atoms with Crippen LogP contribution in [0.3, 0.4) is 0 Å². The minimum Gasteiger partial charge on any atom is -0.550 e. The summed E-state index contributed by atoms with van der Waals surface area (Å²) in [6, 6.07) is 0. The molecular formula is C7H14NO2-. The first-order valence-corrected chi connectivity index (χ1v) is 3.62.